The first-order chi connectivity index (χ1) is 9.62. The monoisotopic (exact) mass is 271 g/mol. The van der Waals surface area contributed by atoms with E-state index in [2.05, 4.69) is 43.7 Å². The van der Waals surface area contributed by atoms with Crippen molar-refractivity contribution < 1.29 is 4.74 Å². The molecule has 0 bridgehead atoms. The molecule has 0 radical (unpaired) electrons. The predicted molar refractivity (Wildman–Crippen MR) is 88.2 cm³/mol. The second-order valence-electron chi connectivity index (χ2n) is 4.87. The Bertz CT molecular complexity index is 466. The van der Waals surface area contributed by atoms with Crippen LogP contribution >= 0.6 is 0 Å². The summed E-state index contributed by atoms with van der Waals surface area (Å²) >= 11 is 0. The molecular weight excluding hydrogens is 246 g/mol. The molecule has 0 saturated heterocycles. The van der Waals surface area contributed by atoms with Gasteiger partial charge in [-0.15, -0.1) is 13.2 Å². The van der Waals surface area contributed by atoms with E-state index < -0.39 is 0 Å². The average Bonchev–Trinajstić information content (AvgIpc) is 2.45. The lowest BCUT2D eigenvalue weighted by Crippen LogP contribution is -2.25. The molecule has 0 aromatic heterocycles. The van der Waals surface area contributed by atoms with Gasteiger partial charge in [-0.2, -0.15) is 0 Å². The summed E-state index contributed by atoms with van der Waals surface area (Å²) in [5.74, 6) is 0.876. The molecule has 0 N–H and O–H groups in total. The molecule has 0 amide bonds. The van der Waals surface area contributed by atoms with Gasteiger partial charge in [0, 0.05) is 19.6 Å². The van der Waals surface area contributed by atoms with Crippen molar-refractivity contribution in [3.8, 4) is 5.75 Å². The largest absolute Gasteiger partial charge is 0.497 e. The minimum Gasteiger partial charge on any atom is -0.497 e. The number of rotatable bonds is 9. The van der Waals surface area contributed by atoms with Crippen molar-refractivity contribution in [3.05, 3.63) is 61.2 Å². The van der Waals surface area contributed by atoms with Crippen LogP contribution in [0.3, 0.4) is 0 Å². The number of hydrogen-bond acceptors (Lipinski definition) is 2. The Morgan fingerprint density at radius 3 is 2.45 bits per heavy atom. The summed E-state index contributed by atoms with van der Waals surface area (Å²) in [4.78, 5) is 2.29. The highest BCUT2D eigenvalue weighted by atomic mass is 16.5. The van der Waals surface area contributed by atoms with Gasteiger partial charge in [0.1, 0.15) is 5.75 Å². The molecule has 1 aromatic carbocycles. The lowest BCUT2D eigenvalue weighted by atomic mass is 9.99. The van der Waals surface area contributed by atoms with E-state index in [1.54, 1.807) is 7.11 Å². The third-order valence-electron chi connectivity index (χ3n) is 3.33. The number of benzene rings is 1. The van der Waals surface area contributed by atoms with Crippen molar-refractivity contribution in [2.45, 2.75) is 13.3 Å². The van der Waals surface area contributed by atoms with Crippen molar-refractivity contribution in [3.63, 3.8) is 0 Å². The van der Waals surface area contributed by atoms with Crippen LogP contribution in [0.25, 0.3) is 5.57 Å². The van der Waals surface area contributed by atoms with Gasteiger partial charge < -0.3 is 4.74 Å². The van der Waals surface area contributed by atoms with Crippen LogP contribution in [0.2, 0.25) is 0 Å². The first-order valence-electron chi connectivity index (χ1n) is 6.89. The third-order valence-corrected chi connectivity index (χ3v) is 3.33. The molecule has 1 aromatic rings. The van der Waals surface area contributed by atoms with E-state index in [1.165, 1.54) is 11.1 Å². The van der Waals surface area contributed by atoms with E-state index in [4.69, 9.17) is 4.74 Å². The molecule has 0 atom stereocenters. The van der Waals surface area contributed by atoms with Crippen LogP contribution in [0.5, 0.6) is 5.75 Å². The maximum atomic E-state index is 5.28. The smallest absolute Gasteiger partial charge is 0.119 e. The van der Waals surface area contributed by atoms with E-state index in [-0.39, 0.29) is 0 Å². The third kappa shape index (κ3) is 4.71. The van der Waals surface area contributed by atoms with Gasteiger partial charge in [0.15, 0.2) is 0 Å². The van der Waals surface area contributed by atoms with Gasteiger partial charge in [-0.1, -0.05) is 24.8 Å². The fraction of sp³-hybridized carbons (Fsp3) is 0.333. The Kier molecular flexibility index (Phi) is 6.82. The van der Waals surface area contributed by atoms with Gasteiger partial charge in [0.25, 0.3) is 0 Å². The summed E-state index contributed by atoms with van der Waals surface area (Å²) in [5.41, 5.74) is 3.55. The van der Waals surface area contributed by atoms with Gasteiger partial charge in [-0.05, 0) is 42.2 Å². The molecule has 2 heteroatoms. The number of hydrogen-bond donors (Lipinski definition) is 0. The van der Waals surface area contributed by atoms with Crippen LogP contribution in [0, 0.1) is 6.92 Å². The second kappa shape index (κ2) is 8.39. The highest BCUT2D eigenvalue weighted by Gasteiger charge is 2.07. The zero-order chi connectivity index (χ0) is 15.0. The zero-order valence-corrected chi connectivity index (χ0v) is 12.7. The maximum absolute atomic E-state index is 5.28. The summed E-state index contributed by atoms with van der Waals surface area (Å²) in [7, 11) is 1.69. The SMILES string of the molecule is C=CCN(CC=C)CCC(=C)c1cc(OC)ccc1C. The van der Waals surface area contributed by atoms with Crippen molar-refractivity contribution in [1.82, 2.24) is 4.90 Å². The molecule has 2 nitrogen and oxygen atoms in total. The van der Waals surface area contributed by atoms with Crippen LogP contribution in [0.1, 0.15) is 17.5 Å². The normalized spacial score (nSPS) is 10.3. The zero-order valence-electron chi connectivity index (χ0n) is 12.7. The first-order valence-corrected chi connectivity index (χ1v) is 6.89. The molecule has 108 valence electrons. The predicted octanol–water partition coefficient (Wildman–Crippen LogP) is 4.08. The van der Waals surface area contributed by atoms with E-state index in [9.17, 15) is 0 Å². The van der Waals surface area contributed by atoms with E-state index >= 15 is 0 Å². The van der Waals surface area contributed by atoms with Gasteiger partial charge in [-0.25, -0.2) is 0 Å². The Hall–Kier alpha value is -1.80. The van der Waals surface area contributed by atoms with Gasteiger partial charge in [0.2, 0.25) is 0 Å². The molecule has 0 saturated carbocycles. The number of aryl methyl sites for hydroxylation is 1. The molecular formula is C18H25NO. The van der Waals surface area contributed by atoms with Gasteiger partial charge in [0.05, 0.1) is 7.11 Å². The highest BCUT2D eigenvalue weighted by Crippen LogP contribution is 2.25. The first kappa shape index (κ1) is 16.3. The summed E-state index contributed by atoms with van der Waals surface area (Å²) in [5, 5.41) is 0. The number of ether oxygens (including phenoxy) is 1. The van der Waals surface area contributed by atoms with Crippen molar-refractivity contribution in [2.24, 2.45) is 0 Å². The standard InChI is InChI=1S/C18H25NO/c1-6-11-19(12-7-2)13-10-16(4)18-14-17(20-5)9-8-15(18)3/h6-9,14H,1-2,4,10-13H2,3,5H3. The number of nitrogens with zero attached hydrogens (tertiary/aromatic N) is 1. The number of methoxy groups -OCH3 is 1. The van der Waals surface area contributed by atoms with E-state index in [0.717, 1.165) is 37.4 Å². The molecule has 0 fully saturated rings. The fourth-order valence-electron chi connectivity index (χ4n) is 2.16. The average molecular weight is 271 g/mol. The summed E-state index contributed by atoms with van der Waals surface area (Å²) < 4.78 is 5.28. The minimum absolute atomic E-state index is 0.871. The maximum Gasteiger partial charge on any atom is 0.119 e. The van der Waals surface area contributed by atoms with Crippen LogP contribution in [0.4, 0.5) is 0 Å². The van der Waals surface area contributed by atoms with Crippen molar-refractivity contribution in [1.29, 1.82) is 0 Å². The molecule has 0 aliphatic rings. The van der Waals surface area contributed by atoms with Crippen molar-refractivity contribution in [2.75, 3.05) is 26.7 Å². The highest BCUT2D eigenvalue weighted by molar-refractivity contribution is 5.67. The topological polar surface area (TPSA) is 12.5 Å². The molecule has 0 unspecified atom stereocenters. The Morgan fingerprint density at radius 1 is 1.25 bits per heavy atom. The van der Waals surface area contributed by atoms with Crippen LogP contribution in [-0.4, -0.2) is 31.6 Å². The van der Waals surface area contributed by atoms with Gasteiger partial charge >= 0.3 is 0 Å². The van der Waals surface area contributed by atoms with Crippen molar-refractivity contribution >= 4 is 5.57 Å². The van der Waals surface area contributed by atoms with Crippen LogP contribution < -0.4 is 4.74 Å². The van der Waals surface area contributed by atoms with Gasteiger partial charge in [-0.3, -0.25) is 4.90 Å². The fourth-order valence-corrected chi connectivity index (χ4v) is 2.16. The Labute approximate surface area is 123 Å². The Morgan fingerprint density at radius 2 is 1.90 bits per heavy atom. The van der Waals surface area contributed by atoms with E-state index in [1.807, 2.05) is 18.2 Å². The van der Waals surface area contributed by atoms with Crippen LogP contribution in [0.15, 0.2) is 50.1 Å². The molecule has 20 heavy (non-hydrogen) atoms. The summed E-state index contributed by atoms with van der Waals surface area (Å²) in [6.07, 6.45) is 4.77. The van der Waals surface area contributed by atoms with Crippen LogP contribution in [-0.2, 0) is 0 Å². The van der Waals surface area contributed by atoms with E-state index in [0.29, 0.717) is 0 Å². The molecule has 1 rings (SSSR count). The second-order valence-corrected chi connectivity index (χ2v) is 4.87. The Balaban J connectivity index is 2.70. The minimum atomic E-state index is 0.871. The molecule has 0 spiro atoms. The quantitative estimate of drug-likeness (QED) is 0.627. The molecule has 0 aliphatic carbocycles. The summed E-state index contributed by atoms with van der Waals surface area (Å²) in [6, 6.07) is 6.11. The molecule has 0 aliphatic heterocycles. The summed E-state index contributed by atoms with van der Waals surface area (Å²) in [6.45, 7) is 16.6. The molecule has 0 heterocycles. The lowest BCUT2D eigenvalue weighted by molar-refractivity contribution is 0.344. The lowest BCUT2D eigenvalue weighted by Gasteiger charge is -2.20.